The molecule has 1 aromatic heterocycles. The van der Waals surface area contributed by atoms with Crippen LogP contribution in [0, 0.1) is 0 Å². The molecule has 0 radical (unpaired) electrons. The molecule has 2 aromatic carbocycles. The average molecular weight is 529 g/mol. The Balaban J connectivity index is 1.63. The lowest BCUT2D eigenvalue weighted by Crippen LogP contribution is -2.48. The summed E-state index contributed by atoms with van der Waals surface area (Å²) in [5.74, 6) is 0.332. The SMILES string of the molecule is COc1ccc2c(Cl)c(C(=O)NC(=S)NNC(=O)c3ccc(OC)c(Br)c3)sc2c1. The maximum Gasteiger partial charge on any atom is 0.269 e. The topological polar surface area (TPSA) is 88.7 Å². The number of benzene rings is 2. The Bertz CT molecular complexity index is 1150. The minimum atomic E-state index is -0.487. The zero-order valence-electron chi connectivity index (χ0n) is 15.7. The molecule has 11 heteroatoms. The molecule has 0 atom stereocenters. The number of thiocarbonyl (C=S) groups is 1. The monoisotopic (exact) mass is 527 g/mol. The van der Waals surface area contributed by atoms with E-state index >= 15 is 0 Å². The van der Waals surface area contributed by atoms with Crippen molar-refractivity contribution < 1.29 is 19.1 Å². The summed E-state index contributed by atoms with van der Waals surface area (Å²) in [4.78, 5) is 25.1. The lowest BCUT2D eigenvalue weighted by molar-refractivity contribution is 0.0935. The van der Waals surface area contributed by atoms with Crippen molar-refractivity contribution in [2.75, 3.05) is 14.2 Å². The molecule has 7 nitrogen and oxygen atoms in total. The Morgan fingerprint density at radius 1 is 1.07 bits per heavy atom. The van der Waals surface area contributed by atoms with Gasteiger partial charge in [0, 0.05) is 15.6 Å². The van der Waals surface area contributed by atoms with Gasteiger partial charge in [0.1, 0.15) is 16.4 Å². The van der Waals surface area contributed by atoms with E-state index in [2.05, 4.69) is 32.1 Å². The Labute approximate surface area is 194 Å². The van der Waals surface area contributed by atoms with Gasteiger partial charge in [-0.25, -0.2) is 0 Å². The molecule has 0 bridgehead atoms. The van der Waals surface area contributed by atoms with E-state index in [1.54, 1.807) is 43.5 Å². The number of hydrazine groups is 1. The first-order chi connectivity index (χ1) is 14.3. The van der Waals surface area contributed by atoms with Crippen LogP contribution in [0.3, 0.4) is 0 Å². The summed E-state index contributed by atoms with van der Waals surface area (Å²) in [7, 11) is 3.09. The van der Waals surface area contributed by atoms with Crippen LogP contribution in [0.1, 0.15) is 20.0 Å². The maximum absolute atomic E-state index is 12.6. The van der Waals surface area contributed by atoms with Crippen LogP contribution in [-0.4, -0.2) is 31.1 Å². The van der Waals surface area contributed by atoms with E-state index in [9.17, 15) is 9.59 Å². The quantitative estimate of drug-likeness (QED) is 0.346. The van der Waals surface area contributed by atoms with Gasteiger partial charge >= 0.3 is 0 Å². The van der Waals surface area contributed by atoms with Gasteiger partial charge in [-0.05, 0) is 64.5 Å². The summed E-state index contributed by atoms with van der Waals surface area (Å²) in [6.45, 7) is 0. The number of amides is 2. The van der Waals surface area contributed by atoms with Crippen LogP contribution in [0.25, 0.3) is 10.1 Å². The highest BCUT2D eigenvalue weighted by molar-refractivity contribution is 9.10. The molecule has 0 spiro atoms. The van der Waals surface area contributed by atoms with Gasteiger partial charge in [-0.15, -0.1) is 11.3 Å². The van der Waals surface area contributed by atoms with Gasteiger partial charge in [-0.2, -0.15) is 0 Å². The second kappa shape index (κ2) is 9.61. The summed E-state index contributed by atoms with van der Waals surface area (Å²) in [6, 6.07) is 10.2. The number of carbonyl (C=O) groups excluding carboxylic acids is 2. The molecule has 3 aromatic rings. The summed E-state index contributed by atoms with van der Waals surface area (Å²) in [5.41, 5.74) is 5.29. The van der Waals surface area contributed by atoms with Crippen LogP contribution in [0.5, 0.6) is 11.5 Å². The normalized spacial score (nSPS) is 10.4. The lowest BCUT2D eigenvalue weighted by atomic mass is 10.2. The van der Waals surface area contributed by atoms with Gasteiger partial charge in [0.05, 0.1) is 23.7 Å². The molecule has 0 aliphatic rings. The van der Waals surface area contributed by atoms with Crippen molar-refractivity contribution in [2.24, 2.45) is 0 Å². The van der Waals surface area contributed by atoms with Crippen molar-refractivity contribution in [2.45, 2.75) is 0 Å². The third kappa shape index (κ3) is 4.84. The fourth-order valence-corrected chi connectivity index (χ4v) is 4.63. The summed E-state index contributed by atoms with van der Waals surface area (Å²) < 4.78 is 11.8. The van der Waals surface area contributed by atoms with Crippen LogP contribution in [0.4, 0.5) is 0 Å². The minimum Gasteiger partial charge on any atom is -0.497 e. The number of carbonyl (C=O) groups is 2. The van der Waals surface area contributed by atoms with E-state index in [0.29, 0.717) is 31.4 Å². The zero-order valence-corrected chi connectivity index (χ0v) is 19.6. The van der Waals surface area contributed by atoms with Crippen molar-refractivity contribution in [1.82, 2.24) is 16.2 Å². The minimum absolute atomic E-state index is 0.0768. The van der Waals surface area contributed by atoms with Crippen LogP contribution in [0.15, 0.2) is 40.9 Å². The second-order valence-electron chi connectivity index (χ2n) is 5.82. The van der Waals surface area contributed by atoms with E-state index in [0.717, 1.165) is 10.1 Å². The molecule has 0 aliphatic heterocycles. The number of thiophene rings is 1. The fraction of sp³-hybridized carbons (Fsp3) is 0.105. The molecule has 2 amide bonds. The van der Waals surface area contributed by atoms with Gasteiger partial charge in [0.2, 0.25) is 0 Å². The highest BCUT2D eigenvalue weighted by Crippen LogP contribution is 2.37. The molecule has 3 N–H and O–H groups in total. The van der Waals surface area contributed by atoms with E-state index in [4.69, 9.17) is 33.3 Å². The Kier molecular flexibility index (Phi) is 7.14. The Morgan fingerprint density at radius 2 is 1.83 bits per heavy atom. The molecule has 1 heterocycles. The number of nitrogens with one attached hydrogen (secondary N) is 3. The van der Waals surface area contributed by atoms with Crippen molar-refractivity contribution in [3.63, 3.8) is 0 Å². The van der Waals surface area contributed by atoms with Gasteiger partial charge in [-0.1, -0.05) is 11.6 Å². The predicted octanol–water partition coefficient (Wildman–Crippen LogP) is 4.28. The van der Waals surface area contributed by atoms with Crippen molar-refractivity contribution >= 4 is 78.1 Å². The number of halogens is 2. The first-order valence-corrected chi connectivity index (χ1v) is 10.7. The fourth-order valence-electron chi connectivity index (χ4n) is 2.50. The predicted molar refractivity (Wildman–Crippen MR) is 125 cm³/mol. The number of hydrogen-bond acceptors (Lipinski definition) is 6. The van der Waals surface area contributed by atoms with Crippen molar-refractivity contribution in [1.29, 1.82) is 0 Å². The Morgan fingerprint density at radius 3 is 2.50 bits per heavy atom. The zero-order chi connectivity index (χ0) is 21.8. The standard InChI is InChI=1S/C19H15BrClN3O4S2/c1-27-10-4-5-11-14(8-10)30-16(15(11)21)18(26)22-19(29)24-23-17(25)9-3-6-13(28-2)12(20)7-9/h3-8H,1-2H3,(H,23,25)(H2,22,24,26,29). The molecular weight excluding hydrogens is 514 g/mol. The number of fused-ring (bicyclic) bond motifs is 1. The number of ether oxygens (including phenoxy) is 2. The third-order valence-electron chi connectivity index (χ3n) is 3.97. The van der Waals surface area contributed by atoms with E-state index in [-0.39, 0.29) is 5.11 Å². The molecule has 0 saturated heterocycles. The molecule has 156 valence electrons. The molecule has 30 heavy (non-hydrogen) atoms. The molecule has 0 saturated carbocycles. The molecular formula is C19H15BrClN3O4S2. The first-order valence-electron chi connectivity index (χ1n) is 8.35. The van der Waals surface area contributed by atoms with Crippen molar-refractivity contribution in [3.8, 4) is 11.5 Å². The van der Waals surface area contributed by atoms with Crippen LogP contribution in [-0.2, 0) is 0 Å². The van der Waals surface area contributed by atoms with Gasteiger partial charge in [0.15, 0.2) is 5.11 Å². The smallest absolute Gasteiger partial charge is 0.269 e. The van der Waals surface area contributed by atoms with Gasteiger partial charge < -0.3 is 9.47 Å². The molecule has 0 aliphatic carbocycles. The molecule has 0 unspecified atom stereocenters. The number of rotatable bonds is 4. The summed E-state index contributed by atoms with van der Waals surface area (Å²) >= 11 is 16.0. The van der Waals surface area contributed by atoms with Gasteiger partial charge in [-0.3, -0.25) is 25.8 Å². The lowest BCUT2D eigenvalue weighted by Gasteiger charge is -2.11. The largest absolute Gasteiger partial charge is 0.497 e. The van der Waals surface area contributed by atoms with E-state index in [1.807, 2.05) is 0 Å². The first kappa shape index (κ1) is 22.3. The highest BCUT2D eigenvalue weighted by atomic mass is 79.9. The second-order valence-corrected chi connectivity index (χ2v) is 8.51. The summed E-state index contributed by atoms with van der Waals surface area (Å²) in [5, 5.41) is 3.48. The van der Waals surface area contributed by atoms with Crippen molar-refractivity contribution in [3.05, 3.63) is 56.3 Å². The number of hydrogen-bond donors (Lipinski definition) is 3. The Hall–Kier alpha value is -2.40. The third-order valence-corrected chi connectivity index (χ3v) is 6.45. The molecule has 0 fully saturated rings. The van der Waals surface area contributed by atoms with Crippen LogP contribution < -0.4 is 25.6 Å². The molecule has 3 rings (SSSR count). The number of methoxy groups -OCH3 is 2. The van der Waals surface area contributed by atoms with E-state index in [1.165, 1.54) is 18.4 Å². The van der Waals surface area contributed by atoms with Crippen LogP contribution in [0.2, 0.25) is 5.02 Å². The maximum atomic E-state index is 12.6. The van der Waals surface area contributed by atoms with Crippen LogP contribution >= 0.6 is 51.1 Å². The highest BCUT2D eigenvalue weighted by Gasteiger charge is 2.19. The van der Waals surface area contributed by atoms with E-state index < -0.39 is 11.8 Å². The summed E-state index contributed by atoms with van der Waals surface area (Å²) in [6.07, 6.45) is 0. The van der Waals surface area contributed by atoms with Gasteiger partial charge in [0.25, 0.3) is 11.8 Å². The average Bonchev–Trinajstić information content (AvgIpc) is 3.07.